The number of fused-ring (bicyclic) bond motifs is 1. The molecule has 0 bridgehead atoms. The van der Waals surface area contributed by atoms with Gasteiger partial charge in [-0.2, -0.15) is 28.1 Å². The number of thiophene rings is 1. The number of benzene rings is 3. The fourth-order valence-corrected chi connectivity index (χ4v) is 7.74. The molecule has 0 aliphatic heterocycles. The van der Waals surface area contributed by atoms with E-state index in [9.17, 15) is 55.7 Å². The van der Waals surface area contributed by atoms with Crippen LogP contribution >= 0.6 is 34.5 Å². The average molecular weight is 1060 g/mol. The van der Waals surface area contributed by atoms with E-state index in [0.717, 1.165) is 53.1 Å². The number of alkyl halides is 3. The first-order chi connectivity index (χ1) is 32.9. The van der Waals surface area contributed by atoms with Crippen LogP contribution in [0.5, 0.6) is 23.3 Å². The Labute approximate surface area is 405 Å². The molecule has 3 aromatic heterocycles. The van der Waals surface area contributed by atoms with Crippen LogP contribution in [-0.4, -0.2) is 100 Å². The van der Waals surface area contributed by atoms with E-state index in [2.05, 4.69) is 30.0 Å². The van der Waals surface area contributed by atoms with Crippen molar-refractivity contribution >= 4 is 97.0 Å². The lowest BCUT2D eigenvalue weighted by molar-refractivity contribution is -0.385. The number of nitro benzene ring substituents is 1. The third-order valence-electron chi connectivity index (χ3n) is 8.00. The zero-order chi connectivity index (χ0) is 51.9. The smallest absolute Gasteiger partial charge is 0.416 e. The average Bonchev–Trinajstić information content (AvgIpc) is 3.81. The Bertz CT molecular complexity index is 3060. The van der Waals surface area contributed by atoms with Crippen molar-refractivity contribution in [2.45, 2.75) is 24.9 Å². The second kappa shape index (κ2) is 24.4. The Kier molecular flexibility index (Phi) is 19.0. The molecule has 0 saturated carbocycles. The summed E-state index contributed by atoms with van der Waals surface area (Å²) in [6.07, 6.45) is -3.00. The van der Waals surface area contributed by atoms with Gasteiger partial charge in [0.1, 0.15) is 43.9 Å². The summed E-state index contributed by atoms with van der Waals surface area (Å²) in [6, 6.07) is 12.0. The van der Waals surface area contributed by atoms with Crippen LogP contribution in [0.3, 0.4) is 0 Å². The quantitative estimate of drug-likeness (QED) is 0.0437. The Balaban J connectivity index is 0.000000238. The van der Waals surface area contributed by atoms with Crippen molar-refractivity contribution in [3.63, 3.8) is 0 Å². The number of carbonyl (C=O) groups excluding carboxylic acids is 3. The maximum Gasteiger partial charge on any atom is 0.416 e. The Morgan fingerprint density at radius 3 is 2.26 bits per heavy atom. The molecule has 0 unspecified atom stereocenters. The minimum atomic E-state index is -4.61. The third kappa shape index (κ3) is 15.5. The molecule has 3 heterocycles. The molecule has 6 rings (SSSR count). The molecule has 0 fully saturated rings. The van der Waals surface area contributed by atoms with Crippen LogP contribution in [-0.2, 0) is 35.3 Å². The summed E-state index contributed by atoms with van der Waals surface area (Å²) >= 11 is 12.5. The summed E-state index contributed by atoms with van der Waals surface area (Å²) in [4.78, 5) is 81.5. The molecule has 6 aromatic rings. The van der Waals surface area contributed by atoms with Gasteiger partial charge in [0.25, 0.3) is 15.7 Å². The van der Waals surface area contributed by atoms with Crippen LogP contribution in [0.2, 0.25) is 10.0 Å². The SMILES string of the molecule is CCOC(=O)COC(=O)c1cc(Oc2ccc(C(F)(F)F)cc2Cl)ccc1[N+](=O)[O-].COc1nc(C)nc(NC(=O)NS(=O)(=O)c2ccsc2C(=O)O)n1.O=C(O)COc1ccc(Cl)c2cccnc12. The third-order valence-corrected chi connectivity index (χ3v) is 11.0. The first-order valence-electron chi connectivity index (χ1n) is 18.9. The molecular weight excluding hydrogens is 1030 g/mol. The summed E-state index contributed by atoms with van der Waals surface area (Å²) in [5.74, 6) is -4.36. The monoisotopic (exact) mass is 1060 g/mol. The number of nitrogens with one attached hydrogen (secondary N) is 2. The number of methoxy groups -OCH3 is 1. The van der Waals surface area contributed by atoms with Crippen molar-refractivity contribution < 1.29 is 84.4 Å². The Morgan fingerprint density at radius 2 is 1.63 bits per heavy atom. The van der Waals surface area contributed by atoms with Crippen molar-refractivity contribution in [2.24, 2.45) is 0 Å². The van der Waals surface area contributed by atoms with Gasteiger partial charge < -0.3 is 33.9 Å². The molecule has 70 heavy (non-hydrogen) atoms. The number of aromatic nitrogens is 4. The highest BCUT2D eigenvalue weighted by Gasteiger charge is 2.31. The predicted molar refractivity (Wildman–Crippen MR) is 238 cm³/mol. The lowest BCUT2D eigenvalue weighted by Gasteiger charge is -2.12. The van der Waals surface area contributed by atoms with Crippen LogP contribution in [0.15, 0.2) is 83.2 Å². The number of urea groups is 1. The zero-order valence-corrected chi connectivity index (χ0v) is 38.8. The molecule has 0 atom stereocenters. The second-order valence-electron chi connectivity index (χ2n) is 12.9. The number of carboxylic acid groups (broad SMARTS) is 2. The van der Waals surface area contributed by atoms with Crippen LogP contribution in [0.25, 0.3) is 10.9 Å². The minimum absolute atomic E-state index is 0.0493. The number of aryl methyl sites for hydroxylation is 1. The number of carbonyl (C=O) groups is 5. The van der Waals surface area contributed by atoms with Gasteiger partial charge >= 0.3 is 42.1 Å². The van der Waals surface area contributed by atoms with Gasteiger partial charge in [0.05, 0.1) is 34.2 Å². The van der Waals surface area contributed by atoms with Gasteiger partial charge in [-0.3, -0.25) is 20.4 Å². The highest BCUT2D eigenvalue weighted by Crippen LogP contribution is 2.37. The number of pyridine rings is 1. The van der Waals surface area contributed by atoms with Crippen LogP contribution in [0.1, 0.15) is 38.3 Å². The number of hydrogen-bond acceptors (Lipinski definition) is 19. The zero-order valence-electron chi connectivity index (χ0n) is 35.7. The van der Waals surface area contributed by atoms with Gasteiger partial charge in [-0.1, -0.05) is 23.2 Å². The number of aromatic carboxylic acids is 1. The molecule has 0 aliphatic carbocycles. The van der Waals surface area contributed by atoms with Gasteiger partial charge in [0, 0.05) is 23.7 Å². The van der Waals surface area contributed by atoms with E-state index in [1.807, 2.05) is 0 Å². The lowest BCUT2D eigenvalue weighted by Crippen LogP contribution is -2.35. The molecule has 2 amide bonds. The molecule has 0 spiro atoms. The van der Waals surface area contributed by atoms with E-state index in [1.54, 1.807) is 35.2 Å². The van der Waals surface area contributed by atoms with E-state index in [1.165, 1.54) is 26.3 Å². The minimum Gasteiger partial charge on any atom is -0.480 e. The molecule has 4 N–H and O–H groups in total. The van der Waals surface area contributed by atoms with E-state index in [-0.39, 0.29) is 40.9 Å². The summed E-state index contributed by atoms with van der Waals surface area (Å²) in [6.45, 7) is 1.95. The molecule has 0 saturated heterocycles. The fourth-order valence-electron chi connectivity index (χ4n) is 5.13. The number of amides is 2. The summed E-state index contributed by atoms with van der Waals surface area (Å²) in [7, 11) is -3.06. The lowest BCUT2D eigenvalue weighted by atomic mass is 10.1. The molecule has 370 valence electrons. The largest absolute Gasteiger partial charge is 0.480 e. The molecular formula is C40H32Cl2F3N7O16S2. The number of rotatable bonds is 15. The van der Waals surface area contributed by atoms with Crippen molar-refractivity contribution in [3.8, 4) is 23.3 Å². The molecule has 0 aliphatic rings. The number of carboxylic acids is 2. The van der Waals surface area contributed by atoms with E-state index in [4.69, 9.17) is 52.4 Å². The number of anilines is 1. The van der Waals surface area contributed by atoms with Gasteiger partial charge in [0.2, 0.25) is 5.95 Å². The molecule has 30 heteroatoms. The van der Waals surface area contributed by atoms with Gasteiger partial charge in [-0.25, -0.2) is 37.1 Å². The van der Waals surface area contributed by atoms with Crippen LogP contribution < -0.4 is 24.2 Å². The second-order valence-corrected chi connectivity index (χ2v) is 16.2. The fraction of sp³-hybridized carbons (Fsp3) is 0.175. The van der Waals surface area contributed by atoms with Gasteiger partial charge in [-0.05, 0) is 73.8 Å². The number of aliphatic carboxylic acids is 1. The number of sulfonamides is 1. The van der Waals surface area contributed by atoms with Gasteiger partial charge in [0.15, 0.2) is 13.2 Å². The summed E-state index contributed by atoms with van der Waals surface area (Å²) in [5.41, 5.74) is -1.59. The first-order valence-corrected chi connectivity index (χ1v) is 22.0. The van der Waals surface area contributed by atoms with Crippen molar-refractivity contribution in [2.75, 3.05) is 32.2 Å². The van der Waals surface area contributed by atoms with E-state index in [0.29, 0.717) is 22.4 Å². The number of esters is 2. The van der Waals surface area contributed by atoms with Crippen molar-refractivity contribution in [1.82, 2.24) is 24.7 Å². The topological polar surface area (TPSA) is 325 Å². The highest BCUT2D eigenvalue weighted by molar-refractivity contribution is 7.90. The predicted octanol–water partition coefficient (Wildman–Crippen LogP) is 7.59. The number of nitro groups is 1. The van der Waals surface area contributed by atoms with Crippen molar-refractivity contribution in [1.29, 1.82) is 0 Å². The standard InChI is InChI=1S/C18H13ClF3NO7.C11H8ClNO3.C11H11N5O6S2/c1-2-28-16(24)9-29-17(25)12-8-11(4-5-14(12)23(26)27)30-15-6-3-10(7-13(15)19)18(20,21)22;12-8-3-4-9(16-6-10(14)15)11-7(8)2-1-5-13-11;1-5-12-9(15-11(13-5)22-2)14-10(19)16-24(20,21)6-3-4-23-7(6)8(17)18/h3-8H,2,9H2,1H3;1-5H,6H2,(H,14,15);3-4H,1-2H3,(H,17,18)(H2,12,13,14,15,16,19). The number of hydrogen-bond donors (Lipinski definition) is 4. The maximum absolute atomic E-state index is 12.7. The number of halogens is 5. The maximum atomic E-state index is 12.7. The van der Waals surface area contributed by atoms with Gasteiger partial charge in [-0.15, -0.1) is 11.3 Å². The van der Waals surface area contributed by atoms with Crippen LogP contribution in [0, 0.1) is 17.0 Å². The van der Waals surface area contributed by atoms with Crippen LogP contribution in [0.4, 0.5) is 29.6 Å². The molecule has 3 aromatic carbocycles. The highest BCUT2D eigenvalue weighted by atomic mass is 35.5. The molecule has 0 radical (unpaired) electrons. The Morgan fingerprint density at radius 1 is 0.914 bits per heavy atom. The van der Waals surface area contributed by atoms with E-state index >= 15 is 0 Å². The number of nitrogens with zero attached hydrogens (tertiary/aromatic N) is 5. The van der Waals surface area contributed by atoms with E-state index < -0.39 is 90.8 Å². The summed E-state index contributed by atoms with van der Waals surface area (Å²) < 4.78 is 88.6. The Hall–Kier alpha value is -7.95. The number of ether oxygens (including phenoxy) is 5. The first kappa shape index (κ1) is 54.7. The van der Waals surface area contributed by atoms with Crippen molar-refractivity contribution in [3.05, 3.63) is 120 Å². The normalized spacial score (nSPS) is 10.8. The molecule has 23 nitrogen and oxygen atoms in total. The summed E-state index contributed by atoms with van der Waals surface area (Å²) in [5, 5.41) is 33.0.